The third-order valence-electron chi connectivity index (χ3n) is 3.82. The molecule has 1 saturated heterocycles. The highest BCUT2D eigenvalue weighted by Gasteiger charge is 2.22. The second kappa shape index (κ2) is 6.39. The van der Waals surface area contributed by atoms with Gasteiger partial charge in [-0.3, -0.25) is 0 Å². The average molecular weight is 304 g/mol. The first-order valence-electron chi connectivity index (χ1n) is 7.32. The number of aromatic nitrogens is 3. The SMILES string of the molecule is Cc1nnc(N2CCC(COc3ncccc3C)CC2)s1. The van der Waals surface area contributed by atoms with Crippen LogP contribution in [0.2, 0.25) is 0 Å². The predicted molar refractivity (Wildman–Crippen MR) is 84.1 cm³/mol. The molecular formula is C15H20N4OS. The van der Waals surface area contributed by atoms with Crippen molar-refractivity contribution in [1.82, 2.24) is 15.2 Å². The lowest BCUT2D eigenvalue weighted by Gasteiger charge is -2.31. The molecule has 21 heavy (non-hydrogen) atoms. The van der Waals surface area contributed by atoms with E-state index in [9.17, 15) is 0 Å². The van der Waals surface area contributed by atoms with Gasteiger partial charge in [-0.25, -0.2) is 4.98 Å². The molecule has 6 heteroatoms. The number of pyridine rings is 1. The maximum atomic E-state index is 5.87. The Labute approximate surface area is 129 Å². The van der Waals surface area contributed by atoms with Crippen molar-refractivity contribution in [2.75, 3.05) is 24.6 Å². The van der Waals surface area contributed by atoms with E-state index in [0.717, 1.165) is 54.1 Å². The first-order valence-corrected chi connectivity index (χ1v) is 8.13. The monoisotopic (exact) mass is 304 g/mol. The number of rotatable bonds is 4. The van der Waals surface area contributed by atoms with E-state index in [4.69, 9.17) is 4.74 Å². The lowest BCUT2D eigenvalue weighted by molar-refractivity contribution is 0.215. The highest BCUT2D eigenvalue weighted by atomic mass is 32.1. The maximum Gasteiger partial charge on any atom is 0.216 e. The molecule has 2 aromatic heterocycles. The molecule has 0 atom stereocenters. The van der Waals surface area contributed by atoms with Crippen molar-refractivity contribution in [3.8, 4) is 5.88 Å². The molecule has 1 aliphatic rings. The van der Waals surface area contributed by atoms with Crippen LogP contribution >= 0.6 is 11.3 Å². The third kappa shape index (κ3) is 3.50. The topological polar surface area (TPSA) is 51.1 Å². The summed E-state index contributed by atoms with van der Waals surface area (Å²) in [4.78, 5) is 6.61. The molecule has 3 heterocycles. The van der Waals surface area contributed by atoms with Gasteiger partial charge in [0, 0.05) is 24.8 Å². The van der Waals surface area contributed by atoms with Crippen molar-refractivity contribution >= 4 is 16.5 Å². The lowest BCUT2D eigenvalue weighted by Crippen LogP contribution is -2.35. The largest absolute Gasteiger partial charge is 0.477 e. The van der Waals surface area contributed by atoms with Crippen LogP contribution in [0, 0.1) is 19.8 Å². The van der Waals surface area contributed by atoms with Gasteiger partial charge < -0.3 is 9.64 Å². The van der Waals surface area contributed by atoms with Crippen LogP contribution in [0.15, 0.2) is 18.3 Å². The second-order valence-electron chi connectivity index (χ2n) is 5.47. The van der Waals surface area contributed by atoms with E-state index in [1.807, 2.05) is 26.0 Å². The van der Waals surface area contributed by atoms with E-state index in [0.29, 0.717) is 5.92 Å². The lowest BCUT2D eigenvalue weighted by atomic mass is 9.98. The van der Waals surface area contributed by atoms with Gasteiger partial charge in [0.15, 0.2) is 0 Å². The molecular weight excluding hydrogens is 284 g/mol. The fourth-order valence-corrected chi connectivity index (χ4v) is 3.26. The molecule has 0 unspecified atom stereocenters. The fourth-order valence-electron chi connectivity index (χ4n) is 2.52. The summed E-state index contributed by atoms with van der Waals surface area (Å²) in [6.45, 7) is 6.84. The summed E-state index contributed by atoms with van der Waals surface area (Å²) in [6.07, 6.45) is 4.04. The molecule has 0 saturated carbocycles. The van der Waals surface area contributed by atoms with Gasteiger partial charge in [-0.1, -0.05) is 17.4 Å². The molecule has 0 bridgehead atoms. The van der Waals surface area contributed by atoms with Crippen molar-refractivity contribution in [3.63, 3.8) is 0 Å². The van der Waals surface area contributed by atoms with Gasteiger partial charge in [-0.2, -0.15) is 0 Å². The normalized spacial score (nSPS) is 16.2. The molecule has 0 radical (unpaired) electrons. The van der Waals surface area contributed by atoms with Gasteiger partial charge in [0.2, 0.25) is 11.0 Å². The zero-order valence-electron chi connectivity index (χ0n) is 12.5. The summed E-state index contributed by atoms with van der Waals surface area (Å²) < 4.78 is 5.87. The summed E-state index contributed by atoms with van der Waals surface area (Å²) >= 11 is 1.67. The molecule has 5 nitrogen and oxygen atoms in total. The zero-order valence-corrected chi connectivity index (χ0v) is 13.3. The number of nitrogens with zero attached hydrogens (tertiary/aromatic N) is 4. The van der Waals surface area contributed by atoms with E-state index < -0.39 is 0 Å². The molecule has 1 fully saturated rings. The molecule has 2 aromatic rings. The van der Waals surface area contributed by atoms with Crippen LogP contribution in [0.1, 0.15) is 23.4 Å². The number of hydrogen-bond donors (Lipinski definition) is 0. The van der Waals surface area contributed by atoms with Crippen molar-refractivity contribution in [2.45, 2.75) is 26.7 Å². The summed E-state index contributed by atoms with van der Waals surface area (Å²) in [5, 5.41) is 10.4. The van der Waals surface area contributed by atoms with Crippen LogP contribution in [0.25, 0.3) is 0 Å². The molecule has 3 rings (SSSR count). The highest BCUT2D eigenvalue weighted by Crippen LogP contribution is 2.26. The van der Waals surface area contributed by atoms with E-state index in [-0.39, 0.29) is 0 Å². The summed E-state index contributed by atoms with van der Waals surface area (Å²) in [5.41, 5.74) is 1.10. The van der Waals surface area contributed by atoms with Crippen LogP contribution in [-0.2, 0) is 0 Å². The molecule has 112 valence electrons. The Balaban J connectivity index is 1.49. The van der Waals surface area contributed by atoms with E-state index >= 15 is 0 Å². The predicted octanol–water partition coefficient (Wildman–Crippen LogP) is 2.85. The molecule has 0 aromatic carbocycles. The van der Waals surface area contributed by atoms with Gasteiger partial charge in [-0.05, 0) is 38.7 Å². The number of anilines is 1. The average Bonchev–Trinajstić information content (AvgIpc) is 2.94. The molecule has 0 N–H and O–H groups in total. The van der Waals surface area contributed by atoms with Crippen LogP contribution in [-0.4, -0.2) is 34.9 Å². The fraction of sp³-hybridized carbons (Fsp3) is 0.533. The molecule has 0 spiro atoms. The Morgan fingerprint density at radius 1 is 1.29 bits per heavy atom. The Morgan fingerprint density at radius 3 is 2.76 bits per heavy atom. The molecule has 1 aliphatic heterocycles. The second-order valence-corrected chi connectivity index (χ2v) is 6.63. The summed E-state index contributed by atoms with van der Waals surface area (Å²) in [6, 6.07) is 3.97. The van der Waals surface area contributed by atoms with E-state index in [2.05, 4.69) is 20.1 Å². The minimum atomic E-state index is 0.594. The minimum absolute atomic E-state index is 0.594. The van der Waals surface area contributed by atoms with E-state index in [1.165, 1.54) is 0 Å². The quantitative estimate of drug-likeness (QED) is 0.869. The molecule has 0 aliphatic carbocycles. The summed E-state index contributed by atoms with van der Waals surface area (Å²) in [7, 11) is 0. The smallest absolute Gasteiger partial charge is 0.216 e. The van der Waals surface area contributed by atoms with Gasteiger partial charge >= 0.3 is 0 Å². The van der Waals surface area contributed by atoms with Crippen LogP contribution in [0.4, 0.5) is 5.13 Å². The van der Waals surface area contributed by atoms with Crippen LogP contribution in [0.5, 0.6) is 5.88 Å². The first-order chi connectivity index (χ1) is 10.2. The zero-order chi connectivity index (χ0) is 14.7. The number of ether oxygens (including phenoxy) is 1. The summed E-state index contributed by atoms with van der Waals surface area (Å²) in [5.74, 6) is 1.36. The Morgan fingerprint density at radius 2 is 2.10 bits per heavy atom. The van der Waals surface area contributed by atoms with Gasteiger partial charge in [-0.15, -0.1) is 10.2 Å². The van der Waals surface area contributed by atoms with Gasteiger partial charge in [0.1, 0.15) is 5.01 Å². The van der Waals surface area contributed by atoms with E-state index in [1.54, 1.807) is 17.5 Å². The number of piperidine rings is 1. The van der Waals surface area contributed by atoms with Crippen molar-refractivity contribution in [3.05, 3.63) is 28.9 Å². The van der Waals surface area contributed by atoms with Crippen molar-refractivity contribution in [1.29, 1.82) is 0 Å². The van der Waals surface area contributed by atoms with Crippen LogP contribution < -0.4 is 9.64 Å². The Bertz CT molecular complexity index is 593. The highest BCUT2D eigenvalue weighted by molar-refractivity contribution is 7.15. The Kier molecular flexibility index (Phi) is 4.34. The first kappa shape index (κ1) is 14.3. The van der Waals surface area contributed by atoms with Crippen LogP contribution in [0.3, 0.4) is 0 Å². The van der Waals surface area contributed by atoms with Gasteiger partial charge in [0.25, 0.3) is 0 Å². The maximum absolute atomic E-state index is 5.87. The Hall–Kier alpha value is -1.69. The van der Waals surface area contributed by atoms with Crippen molar-refractivity contribution < 1.29 is 4.74 Å². The third-order valence-corrected chi connectivity index (χ3v) is 4.72. The standard InChI is InChI=1S/C15H20N4OS/c1-11-4-3-7-16-14(11)20-10-13-5-8-19(9-6-13)15-18-17-12(2)21-15/h3-4,7,13H,5-6,8-10H2,1-2H3. The van der Waals surface area contributed by atoms with Gasteiger partial charge in [0.05, 0.1) is 6.61 Å². The minimum Gasteiger partial charge on any atom is -0.477 e. The number of hydrogen-bond acceptors (Lipinski definition) is 6. The number of aryl methyl sites for hydroxylation is 2. The molecule has 0 amide bonds. The van der Waals surface area contributed by atoms with Crippen molar-refractivity contribution in [2.24, 2.45) is 5.92 Å².